The molecule has 5 nitrogen and oxygen atoms in total. The second-order valence-corrected chi connectivity index (χ2v) is 6.37. The smallest absolute Gasteiger partial charge is 0.223 e. The first-order chi connectivity index (χ1) is 12.7. The van der Waals surface area contributed by atoms with Crippen LogP contribution in [0.5, 0.6) is 5.75 Å². The van der Waals surface area contributed by atoms with Crippen LogP contribution in [-0.4, -0.2) is 42.9 Å². The quantitative estimate of drug-likeness (QED) is 0.685. The molecule has 1 amide bonds. The van der Waals surface area contributed by atoms with Gasteiger partial charge in [-0.1, -0.05) is 30.3 Å². The fourth-order valence-corrected chi connectivity index (χ4v) is 2.84. The number of carbonyl (C=O) groups excluding carboxylic acids is 2. The first-order valence-electron chi connectivity index (χ1n) is 8.76. The van der Waals surface area contributed by atoms with Gasteiger partial charge in [0, 0.05) is 31.5 Å². The third kappa shape index (κ3) is 4.70. The molecule has 2 aromatic carbocycles. The summed E-state index contributed by atoms with van der Waals surface area (Å²) in [5.74, 6) is 0.685. The van der Waals surface area contributed by atoms with E-state index in [1.54, 1.807) is 36.3 Å². The third-order valence-corrected chi connectivity index (χ3v) is 4.51. The van der Waals surface area contributed by atoms with E-state index in [1.807, 2.05) is 30.3 Å². The Balaban J connectivity index is 1.36. The zero-order chi connectivity index (χ0) is 18.4. The van der Waals surface area contributed by atoms with E-state index in [4.69, 9.17) is 9.47 Å². The number of nitrogens with zero attached hydrogens (tertiary/aromatic N) is 1. The molecule has 136 valence electrons. The van der Waals surface area contributed by atoms with Crippen LogP contribution in [0.1, 0.15) is 28.8 Å². The number of ketones is 1. The highest BCUT2D eigenvalue weighted by molar-refractivity contribution is 5.98. The van der Waals surface area contributed by atoms with E-state index in [-0.39, 0.29) is 30.6 Å². The SMILES string of the molecule is COc1ccc(C(=O)CCC(=O)N2CC(OCc3ccccc3)C2)cc1. The molecule has 1 aliphatic rings. The summed E-state index contributed by atoms with van der Waals surface area (Å²) in [5, 5.41) is 0. The molecule has 0 atom stereocenters. The predicted octanol–water partition coefficient (Wildman–Crippen LogP) is 3.09. The number of ether oxygens (including phenoxy) is 2. The lowest BCUT2D eigenvalue weighted by atomic mass is 10.0. The van der Waals surface area contributed by atoms with Crippen molar-refractivity contribution in [1.29, 1.82) is 0 Å². The molecule has 0 radical (unpaired) electrons. The number of methoxy groups -OCH3 is 1. The average Bonchev–Trinajstić information content (AvgIpc) is 2.65. The van der Waals surface area contributed by atoms with Crippen molar-refractivity contribution in [3.63, 3.8) is 0 Å². The van der Waals surface area contributed by atoms with E-state index in [2.05, 4.69) is 0 Å². The van der Waals surface area contributed by atoms with Crippen LogP contribution in [0.25, 0.3) is 0 Å². The molecule has 3 rings (SSSR count). The molecular weight excluding hydrogens is 330 g/mol. The minimum Gasteiger partial charge on any atom is -0.497 e. The Morgan fingerprint density at radius 3 is 2.35 bits per heavy atom. The molecule has 0 N–H and O–H groups in total. The Kier molecular flexibility index (Phi) is 6.02. The van der Waals surface area contributed by atoms with Gasteiger partial charge in [0.15, 0.2) is 5.78 Å². The number of amides is 1. The highest BCUT2D eigenvalue weighted by Crippen LogP contribution is 2.17. The molecule has 1 saturated heterocycles. The van der Waals surface area contributed by atoms with Crippen LogP contribution in [0.3, 0.4) is 0 Å². The number of benzene rings is 2. The monoisotopic (exact) mass is 353 g/mol. The minimum absolute atomic E-state index is 0.00595. The largest absolute Gasteiger partial charge is 0.497 e. The zero-order valence-corrected chi connectivity index (χ0v) is 14.9. The topological polar surface area (TPSA) is 55.8 Å². The minimum atomic E-state index is -0.0293. The van der Waals surface area contributed by atoms with Gasteiger partial charge in [-0.2, -0.15) is 0 Å². The number of rotatable bonds is 8. The molecule has 0 bridgehead atoms. The molecule has 0 unspecified atom stereocenters. The van der Waals surface area contributed by atoms with E-state index >= 15 is 0 Å². The summed E-state index contributed by atoms with van der Waals surface area (Å²) >= 11 is 0. The fourth-order valence-electron chi connectivity index (χ4n) is 2.84. The first-order valence-corrected chi connectivity index (χ1v) is 8.76. The van der Waals surface area contributed by atoms with Gasteiger partial charge in [0.2, 0.25) is 5.91 Å². The fraction of sp³-hybridized carbons (Fsp3) is 0.333. The summed E-state index contributed by atoms with van der Waals surface area (Å²) in [7, 11) is 1.58. The summed E-state index contributed by atoms with van der Waals surface area (Å²) in [6, 6.07) is 16.9. The maximum absolute atomic E-state index is 12.2. The van der Waals surface area contributed by atoms with Crippen LogP contribution in [0.4, 0.5) is 0 Å². The van der Waals surface area contributed by atoms with E-state index in [0.717, 1.165) is 5.56 Å². The second-order valence-electron chi connectivity index (χ2n) is 6.37. The number of carbonyl (C=O) groups is 2. The molecule has 2 aromatic rings. The molecule has 5 heteroatoms. The Labute approximate surface area is 153 Å². The highest BCUT2D eigenvalue weighted by atomic mass is 16.5. The van der Waals surface area contributed by atoms with Crippen molar-refractivity contribution < 1.29 is 19.1 Å². The molecule has 0 aromatic heterocycles. The van der Waals surface area contributed by atoms with Gasteiger partial charge < -0.3 is 14.4 Å². The summed E-state index contributed by atoms with van der Waals surface area (Å²) in [6.07, 6.45) is 0.532. The zero-order valence-electron chi connectivity index (χ0n) is 14.9. The van der Waals surface area contributed by atoms with Crippen molar-refractivity contribution in [2.45, 2.75) is 25.6 Å². The Morgan fingerprint density at radius 2 is 1.69 bits per heavy atom. The molecule has 1 heterocycles. The maximum Gasteiger partial charge on any atom is 0.223 e. The van der Waals surface area contributed by atoms with Crippen LogP contribution < -0.4 is 4.74 Å². The van der Waals surface area contributed by atoms with E-state index in [0.29, 0.717) is 31.0 Å². The van der Waals surface area contributed by atoms with Crippen molar-refractivity contribution in [2.24, 2.45) is 0 Å². The summed E-state index contributed by atoms with van der Waals surface area (Å²) < 4.78 is 10.9. The highest BCUT2D eigenvalue weighted by Gasteiger charge is 2.31. The third-order valence-electron chi connectivity index (χ3n) is 4.51. The molecule has 0 aliphatic carbocycles. The second kappa shape index (κ2) is 8.63. The predicted molar refractivity (Wildman–Crippen MR) is 98.2 cm³/mol. The van der Waals surface area contributed by atoms with E-state index < -0.39 is 0 Å². The Bertz CT molecular complexity index is 736. The van der Waals surface area contributed by atoms with Gasteiger partial charge in [0.25, 0.3) is 0 Å². The molecule has 0 saturated carbocycles. The van der Waals surface area contributed by atoms with Gasteiger partial charge >= 0.3 is 0 Å². The summed E-state index contributed by atoms with van der Waals surface area (Å²) in [5.41, 5.74) is 1.73. The summed E-state index contributed by atoms with van der Waals surface area (Å²) in [4.78, 5) is 26.1. The van der Waals surface area contributed by atoms with Crippen LogP contribution in [-0.2, 0) is 16.1 Å². The van der Waals surface area contributed by atoms with Crippen LogP contribution >= 0.6 is 0 Å². The van der Waals surface area contributed by atoms with Gasteiger partial charge in [-0.25, -0.2) is 0 Å². The normalized spacial score (nSPS) is 14.0. The molecule has 1 aliphatic heterocycles. The van der Waals surface area contributed by atoms with E-state index in [1.165, 1.54) is 0 Å². The lowest BCUT2D eigenvalue weighted by molar-refractivity contribution is -0.145. The van der Waals surface area contributed by atoms with Gasteiger partial charge in [-0.3, -0.25) is 9.59 Å². The lowest BCUT2D eigenvalue weighted by Crippen LogP contribution is -2.54. The van der Waals surface area contributed by atoms with Crippen molar-refractivity contribution in [3.8, 4) is 5.75 Å². The molecule has 1 fully saturated rings. The molecule has 26 heavy (non-hydrogen) atoms. The van der Waals surface area contributed by atoms with Crippen molar-refractivity contribution >= 4 is 11.7 Å². The van der Waals surface area contributed by atoms with Crippen molar-refractivity contribution in [2.75, 3.05) is 20.2 Å². The lowest BCUT2D eigenvalue weighted by Gasteiger charge is -2.39. The van der Waals surface area contributed by atoms with Crippen LogP contribution in [0.2, 0.25) is 0 Å². The number of Topliss-reactive ketones (excluding diaryl/α,β-unsaturated/α-hetero) is 1. The van der Waals surface area contributed by atoms with E-state index in [9.17, 15) is 9.59 Å². The van der Waals surface area contributed by atoms with Gasteiger partial charge in [0.1, 0.15) is 5.75 Å². The van der Waals surface area contributed by atoms with Crippen molar-refractivity contribution in [3.05, 3.63) is 65.7 Å². The van der Waals surface area contributed by atoms with Gasteiger partial charge in [0.05, 0.1) is 19.8 Å². The standard InChI is InChI=1S/C21H23NO4/c1-25-18-9-7-17(8-10-18)20(23)11-12-21(24)22-13-19(14-22)26-15-16-5-3-2-4-6-16/h2-10,19H,11-15H2,1H3. The maximum atomic E-state index is 12.2. The average molecular weight is 353 g/mol. The molecule has 0 spiro atoms. The number of likely N-dealkylation sites (tertiary alicyclic amines) is 1. The Morgan fingerprint density at radius 1 is 1.00 bits per heavy atom. The van der Waals surface area contributed by atoms with Crippen LogP contribution in [0.15, 0.2) is 54.6 Å². The first kappa shape index (κ1) is 18.1. The van der Waals surface area contributed by atoms with Crippen molar-refractivity contribution in [1.82, 2.24) is 4.90 Å². The van der Waals surface area contributed by atoms with Gasteiger partial charge in [-0.05, 0) is 29.8 Å². The molecular formula is C21H23NO4. The number of hydrogen-bond donors (Lipinski definition) is 0. The van der Waals surface area contributed by atoms with Crippen LogP contribution in [0, 0.1) is 0 Å². The summed E-state index contributed by atoms with van der Waals surface area (Å²) in [6.45, 7) is 1.76. The Hall–Kier alpha value is -2.66. The van der Waals surface area contributed by atoms with Gasteiger partial charge in [-0.15, -0.1) is 0 Å². The number of hydrogen-bond acceptors (Lipinski definition) is 4.